The van der Waals surface area contributed by atoms with E-state index in [0.717, 1.165) is 17.2 Å². The van der Waals surface area contributed by atoms with Crippen molar-refractivity contribution in [3.05, 3.63) is 70.0 Å². The number of carbonyl (C=O) groups excluding carboxylic acids is 2. The zero-order valence-electron chi connectivity index (χ0n) is 13.8. The van der Waals surface area contributed by atoms with E-state index < -0.39 is 24.3 Å². The van der Waals surface area contributed by atoms with Crippen LogP contribution in [-0.4, -0.2) is 18.5 Å². The predicted octanol–water partition coefficient (Wildman–Crippen LogP) is 4.29. The lowest BCUT2D eigenvalue weighted by molar-refractivity contribution is -0.142. The molecule has 2 aromatic carbocycles. The number of halogens is 2. The van der Waals surface area contributed by atoms with E-state index in [1.54, 1.807) is 0 Å². The zero-order chi connectivity index (χ0) is 18.4. The fourth-order valence-corrected chi connectivity index (χ4v) is 2.21. The maximum atomic E-state index is 13.0. The summed E-state index contributed by atoms with van der Waals surface area (Å²) in [5.41, 5.74) is 3.15. The number of amides is 1. The van der Waals surface area contributed by atoms with E-state index in [1.165, 1.54) is 24.3 Å². The molecular formula is C19H17ClFNO3. The van der Waals surface area contributed by atoms with E-state index in [9.17, 15) is 14.0 Å². The van der Waals surface area contributed by atoms with Crippen molar-refractivity contribution in [3.63, 3.8) is 0 Å². The first-order chi connectivity index (χ1) is 11.8. The van der Waals surface area contributed by atoms with Crippen molar-refractivity contribution in [2.45, 2.75) is 13.8 Å². The Kier molecular flexibility index (Phi) is 6.31. The highest BCUT2D eigenvalue weighted by molar-refractivity contribution is 6.30. The Balaban J connectivity index is 1.86. The molecule has 0 heterocycles. The summed E-state index contributed by atoms with van der Waals surface area (Å²) in [4.78, 5) is 23.5. The summed E-state index contributed by atoms with van der Waals surface area (Å²) >= 11 is 5.65. The van der Waals surface area contributed by atoms with Crippen LogP contribution in [0.2, 0.25) is 5.02 Å². The molecule has 0 bridgehead atoms. The Morgan fingerprint density at radius 1 is 1.20 bits per heavy atom. The molecule has 0 atom stereocenters. The molecule has 0 aliphatic heterocycles. The van der Waals surface area contributed by atoms with Crippen LogP contribution >= 0.6 is 11.6 Å². The van der Waals surface area contributed by atoms with Gasteiger partial charge in [-0.15, -0.1) is 0 Å². The molecule has 2 aromatic rings. The fourth-order valence-electron chi connectivity index (χ4n) is 2.02. The van der Waals surface area contributed by atoms with Crippen molar-refractivity contribution in [1.29, 1.82) is 0 Å². The third-order valence-electron chi connectivity index (χ3n) is 3.37. The Labute approximate surface area is 150 Å². The minimum Gasteiger partial charge on any atom is -0.452 e. The van der Waals surface area contributed by atoms with Crippen molar-refractivity contribution in [3.8, 4) is 0 Å². The highest BCUT2D eigenvalue weighted by Crippen LogP contribution is 2.17. The van der Waals surface area contributed by atoms with Gasteiger partial charge in [0.15, 0.2) is 6.61 Å². The predicted molar refractivity (Wildman–Crippen MR) is 95.9 cm³/mol. The smallest absolute Gasteiger partial charge is 0.331 e. The molecular weight excluding hydrogens is 345 g/mol. The number of anilines is 1. The summed E-state index contributed by atoms with van der Waals surface area (Å²) in [6.07, 6.45) is 2.57. The number of carbonyl (C=O) groups is 2. The van der Waals surface area contributed by atoms with Gasteiger partial charge in [0.05, 0.1) is 5.02 Å². The van der Waals surface area contributed by atoms with Crippen LogP contribution in [0.25, 0.3) is 6.08 Å². The summed E-state index contributed by atoms with van der Waals surface area (Å²) in [6, 6.07) is 9.73. The topological polar surface area (TPSA) is 55.4 Å². The zero-order valence-corrected chi connectivity index (χ0v) is 14.6. The lowest BCUT2D eigenvalue weighted by atomic mass is 10.1. The van der Waals surface area contributed by atoms with Gasteiger partial charge in [-0.05, 0) is 54.8 Å². The van der Waals surface area contributed by atoms with Crippen molar-refractivity contribution < 1.29 is 18.7 Å². The van der Waals surface area contributed by atoms with Crippen LogP contribution in [-0.2, 0) is 14.3 Å². The molecule has 0 unspecified atom stereocenters. The molecule has 1 N–H and O–H groups in total. The second-order valence-electron chi connectivity index (χ2n) is 5.48. The monoisotopic (exact) mass is 361 g/mol. The van der Waals surface area contributed by atoms with Gasteiger partial charge in [-0.1, -0.05) is 29.8 Å². The lowest BCUT2D eigenvalue weighted by Gasteiger charge is -2.09. The number of benzene rings is 2. The normalized spacial score (nSPS) is 10.7. The summed E-state index contributed by atoms with van der Waals surface area (Å²) in [5.74, 6) is -1.65. The standard InChI is InChI=1S/C19H17ClFNO3/c1-12-3-4-13(2)17(9-12)22-18(23)11-25-19(24)8-6-14-5-7-16(21)15(20)10-14/h3-10H,11H2,1-2H3,(H,22,23)/b8-6+. The summed E-state index contributed by atoms with van der Waals surface area (Å²) in [5, 5.41) is 2.66. The van der Waals surface area contributed by atoms with Crippen molar-refractivity contribution in [2.75, 3.05) is 11.9 Å². The molecule has 130 valence electrons. The number of esters is 1. The van der Waals surface area contributed by atoms with Gasteiger partial charge in [-0.2, -0.15) is 0 Å². The first kappa shape index (κ1) is 18.7. The van der Waals surface area contributed by atoms with Gasteiger partial charge in [0.1, 0.15) is 5.82 Å². The number of nitrogens with one attached hydrogen (secondary N) is 1. The average molecular weight is 362 g/mol. The maximum Gasteiger partial charge on any atom is 0.331 e. The molecule has 1 amide bonds. The molecule has 25 heavy (non-hydrogen) atoms. The summed E-state index contributed by atoms with van der Waals surface area (Å²) in [7, 11) is 0. The number of ether oxygens (including phenoxy) is 1. The van der Waals surface area contributed by atoms with Gasteiger partial charge in [0.25, 0.3) is 5.91 Å². The van der Waals surface area contributed by atoms with E-state index in [1.807, 2.05) is 32.0 Å². The Morgan fingerprint density at radius 2 is 1.96 bits per heavy atom. The van der Waals surface area contributed by atoms with Gasteiger partial charge in [-0.25, -0.2) is 9.18 Å². The van der Waals surface area contributed by atoms with Gasteiger partial charge in [0.2, 0.25) is 0 Å². The van der Waals surface area contributed by atoms with Gasteiger partial charge in [0, 0.05) is 11.8 Å². The third kappa shape index (κ3) is 5.72. The van der Waals surface area contributed by atoms with Crippen molar-refractivity contribution >= 4 is 35.2 Å². The molecule has 0 aliphatic rings. The maximum absolute atomic E-state index is 13.0. The molecule has 0 aromatic heterocycles. The highest BCUT2D eigenvalue weighted by Gasteiger charge is 2.08. The van der Waals surface area contributed by atoms with Crippen molar-refractivity contribution in [2.24, 2.45) is 0 Å². The molecule has 0 saturated heterocycles. The van der Waals surface area contributed by atoms with Gasteiger partial charge >= 0.3 is 5.97 Å². The van der Waals surface area contributed by atoms with Crippen molar-refractivity contribution in [1.82, 2.24) is 0 Å². The van der Waals surface area contributed by atoms with Crippen LogP contribution in [0.3, 0.4) is 0 Å². The molecule has 6 heteroatoms. The number of hydrogen-bond donors (Lipinski definition) is 1. The SMILES string of the molecule is Cc1ccc(C)c(NC(=O)COC(=O)/C=C/c2ccc(F)c(Cl)c2)c1. The van der Waals surface area contributed by atoms with Crippen LogP contribution < -0.4 is 5.32 Å². The van der Waals surface area contributed by atoms with Gasteiger partial charge in [-0.3, -0.25) is 4.79 Å². The molecule has 0 aliphatic carbocycles. The molecule has 0 saturated carbocycles. The lowest BCUT2D eigenvalue weighted by Crippen LogP contribution is -2.20. The number of rotatable bonds is 5. The Hall–Kier alpha value is -2.66. The summed E-state index contributed by atoms with van der Waals surface area (Å²) in [6.45, 7) is 3.39. The third-order valence-corrected chi connectivity index (χ3v) is 3.66. The quantitative estimate of drug-likeness (QED) is 0.638. The van der Waals surface area contributed by atoms with Crippen LogP contribution in [0.1, 0.15) is 16.7 Å². The largest absolute Gasteiger partial charge is 0.452 e. The van der Waals surface area contributed by atoms with Crippen LogP contribution in [0.5, 0.6) is 0 Å². The minimum atomic E-state index is -0.684. The van der Waals surface area contributed by atoms with Gasteiger partial charge < -0.3 is 10.1 Å². The van der Waals surface area contributed by atoms with E-state index >= 15 is 0 Å². The van der Waals surface area contributed by atoms with E-state index in [0.29, 0.717) is 11.3 Å². The average Bonchev–Trinajstić information content (AvgIpc) is 2.57. The Morgan fingerprint density at radius 3 is 2.68 bits per heavy atom. The van der Waals surface area contributed by atoms with E-state index in [4.69, 9.17) is 16.3 Å². The van der Waals surface area contributed by atoms with E-state index in [-0.39, 0.29) is 5.02 Å². The minimum absolute atomic E-state index is 0.0385. The number of hydrogen-bond acceptors (Lipinski definition) is 3. The van der Waals surface area contributed by atoms with Crippen LogP contribution in [0.15, 0.2) is 42.5 Å². The Bertz CT molecular complexity index is 833. The molecule has 4 nitrogen and oxygen atoms in total. The fraction of sp³-hybridized carbons (Fsp3) is 0.158. The first-order valence-electron chi connectivity index (χ1n) is 7.52. The van der Waals surface area contributed by atoms with Crippen LogP contribution in [0, 0.1) is 19.7 Å². The van der Waals surface area contributed by atoms with Crippen LogP contribution in [0.4, 0.5) is 10.1 Å². The number of aryl methyl sites for hydroxylation is 2. The molecule has 0 spiro atoms. The molecule has 0 radical (unpaired) electrons. The second-order valence-corrected chi connectivity index (χ2v) is 5.89. The van der Waals surface area contributed by atoms with E-state index in [2.05, 4.69) is 5.32 Å². The molecule has 0 fully saturated rings. The second kappa shape index (κ2) is 8.44. The summed E-state index contributed by atoms with van der Waals surface area (Å²) < 4.78 is 17.9. The highest BCUT2D eigenvalue weighted by atomic mass is 35.5. The first-order valence-corrected chi connectivity index (χ1v) is 7.90. The molecule has 2 rings (SSSR count).